The Balaban J connectivity index is 2.60. The zero-order valence-electron chi connectivity index (χ0n) is 9.79. The summed E-state index contributed by atoms with van der Waals surface area (Å²) < 4.78 is 0. The van der Waals surface area contributed by atoms with Crippen LogP contribution >= 0.6 is 11.3 Å². The Bertz CT molecular complexity index is 285. The Kier molecular flexibility index (Phi) is 5.22. The molecule has 1 aromatic heterocycles. The van der Waals surface area contributed by atoms with Crippen molar-refractivity contribution in [1.29, 1.82) is 0 Å². The fourth-order valence-electron chi connectivity index (χ4n) is 1.91. The second-order valence-corrected chi connectivity index (χ2v) is 5.04. The second-order valence-electron chi connectivity index (χ2n) is 4.15. The number of aromatic nitrogens is 1. The van der Waals surface area contributed by atoms with Crippen LogP contribution in [0.1, 0.15) is 49.7 Å². The van der Waals surface area contributed by atoms with Gasteiger partial charge in [0.05, 0.1) is 17.2 Å². The SMILES string of the molecule is CCCC(C)CC(NN)c1scnc1C. The largest absolute Gasteiger partial charge is 0.271 e. The summed E-state index contributed by atoms with van der Waals surface area (Å²) in [4.78, 5) is 5.54. The molecule has 15 heavy (non-hydrogen) atoms. The molecule has 1 aromatic rings. The molecule has 0 spiro atoms. The quantitative estimate of drug-likeness (QED) is 0.580. The summed E-state index contributed by atoms with van der Waals surface area (Å²) in [7, 11) is 0. The number of hydrazine groups is 1. The molecule has 0 aromatic carbocycles. The minimum atomic E-state index is 0.263. The van der Waals surface area contributed by atoms with Crippen molar-refractivity contribution in [3.05, 3.63) is 16.1 Å². The molecule has 4 heteroatoms. The lowest BCUT2D eigenvalue weighted by Crippen LogP contribution is -2.29. The molecule has 0 saturated heterocycles. The molecule has 2 atom stereocenters. The first-order chi connectivity index (χ1) is 7.19. The summed E-state index contributed by atoms with van der Waals surface area (Å²) in [6.07, 6.45) is 3.59. The summed E-state index contributed by atoms with van der Waals surface area (Å²) in [6.45, 7) is 6.55. The molecule has 0 amide bonds. The lowest BCUT2D eigenvalue weighted by atomic mass is 9.96. The third-order valence-corrected chi connectivity index (χ3v) is 3.76. The van der Waals surface area contributed by atoms with E-state index in [2.05, 4.69) is 24.3 Å². The summed E-state index contributed by atoms with van der Waals surface area (Å²) in [5.74, 6) is 6.31. The molecular weight excluding hydrogens is 206 g/mol. The molecule has 3 nitrogen and oxygen atoms in total. The number of nitrogens with zero attached hydrogens (tertiary/aromatic N) is 1. The highest BCUT2D eigenvalue weighted by molar-refractivity contribution is 7.09. The molecule has 0 aliphatic rings. The summed E-state index contributed by atoms with van der Waals surface area (Å²) in [5.41, 5.74) is 5.90. The van der Waals surface area contributed by atoms with Gasteiger partial charge in [-0.15, -0.1) is 11.3 Å². The molecule has 0 saturated carbocycles. The van der Waals surface area contributed by atoms with Crippen molar-refractivity contribution in [1.82, 2.24) is 10.4 Å². The van der Waals surface area contributed by atoms with E-state index in [1.54, 1.807) is 11.3 Å². The maximum Gasteiger partial charge on any atom is 0.0798 e. The van der Waals surface area contributed by atoms with Gasteiger partial charge in [0.25, 0.3) is 0 Å². The van der Waals surface area contributed by atoms with Crippen molar-refractivity contribution in [3.8, 4) is 0 Å². The lowest BCUT2D eigenvalue weighted by molar-refractivity contribution is 0.397. The molecule has 86 valence electrons. The fourth-order valence-corrected chi connectivity index (χ4v) is 2.79. The van der Waals surface area contributed by atoms with Gasteiger partial charge >= 0.3 is 0 Å². The van der Waals surface area contributed by atoms with E-state index >= 15 is 0 Å². The Morgan fingerprint density at radius 3 is 2.80 bits per heavy atom. The van der Waals surface area contributed by atoms with E-state index in [4.69, 9.17) is 5.84 Å². The molecular formula is C11H21N3S. The first-order valence-corrected chi connectivity index (χ1v) is 6.43. The first-order valence-electron chi connectivity index (χ1n) is 5.55. The number of rotatable bonds is 6. The van der Waals surface area contributed by atoms with Crippen LogP contribution in [0.4, 0.5) is 0 Å². The molecule has 3 N–H and O–H groups in total. The third kappa shape index (κ3) is 3.55. The van der Waals surface area contributed by atoms with Gasteiger partial charge in [0, 0.05) is 4.88 Å². The highest BCUT2D eigenvalue weighted by Gasteiger charge is 2.17. The molecule has 0 bridgehead atoms. The van der Waals surface area contributed by atoms with E-state index < -0.39 is 0 Å². The van der Waals surface area contributed by atoms with Crippen LogP contribution in [0.5, 0.6) is 0 Å². The Labute approximate surface area is 96.1 Å². The average Bonchev–Trinajstić information content (AvgIpc) is 2.61. The van der Waals surface area contributed by atoms with Gasteiger partial charge in [0.15, 0.2) is 0 Å². The topological polar surface area (TPSA) is 50.9 Å². The van der Waals surface area contributed by atoms with E-state index in [9.17, 15) is 0 Å². The lowest BCUT2D eigenvalue weighted by Gasteiger charge is -2.19. The van der Waals surface area contributed by atoms with Gasteiger partial charge in [0.2, 0.25) is 0 Å². The van der Waals surface area contributed by atoms with Crippen molar-refractivity contribution in [3.63, 3.8) is 0 Å². The summed E-state index contributed by atoms with van der Waals surface area (Å²) >= 11 is 1.69. The van der Waals surface area contributed by atoms with Gasteiger partial charge in [-0.25, -0.2) is 4.98 Å². The van der Waals surface area contributed by atoms with Crippen molar-refractivity contribution in [2.24, 2.45) is 11.8 Å². The highest BCUT2D eigenvalue weighted by Crippen LogP contribution is 2.27. The number of nitrogens with one attached hydrogen (secondary N) is 1. The van der Waals surface area contributed by atoms with Crippen LogP contribution < -0.4 is 11.3 Å². The van der Waals surface area contributed by atoms with Gasteiger partial charge in [-0.05, 0) is 19.3 Å². The molecule has 0 aliphatic carbocycles. The van der Waals surface area contributed by atoms with Crippen LogP contribution in [-0.2, 0) is 0 Å². The molecule has 0 fully saturated rings. The smallest absolute Gasteiger partial charge is 0.0798 e. The predicted octanol–water partition coefficient (Wildman–Crippen LogP) is 2.78. The standard InChI is InChI=1S/C11H21N3S/c1-4-5-8(2)6-10(14-12)11-9(3)13-7-15-11/h7-8,10,14H,4-6,12H2,1-3H3. The predicted molar refractivity (Wildman–Crippen MR) is 65.6 cm³/mol. The molecule has 0 aliphatic heterocycles. The Morgan fingerprint density at radius 1 is 1.60 bits per heavy atom. The molecule has 1 heterocycles. The van der Waals surface area contributed by atoms with Crippen LogP contribution in [0.2, 0.25) is 0 Å². The van der Waals surface area contributed by atoms with Crippen molar-refractivity contribution in [2.75, 3.05) is 0 Å². The van der Waals surface area contributed by atoms with Crippen LogP contribution in [0.15, 0.2) is 5.51 Å². The number of thiazole rings is 1. The zero-order chi connectivity index (χ0) is 11.3. The van der Waals surface area contributed by atoms with Crippen molar-refractivity contribution >= 4 is 11.3 Å². The first kappa shape index (κ1) is 12.6. The van der Waals surface area contributed by atoms with E-state index in [1.807, 2.05) is 12.4 Å². The van der Waals surface area contributed by atoms with Crippen LogP contribution in [0.3, 0.4) is 0 Å². The van der Waals surface area contributed by atoms with Gasteiger partial charge in [-0.3, -0.25) is 11.3 Å². The molecule has 0 radical (unpaired) electrons. The number of hydrogen-bond donors (Lipinski definition) is 2. The highest BCUT2D eigenvalue weighted by atomic mass is 32.1. The number of hydrogen-bond acceptors (Lipinski definition) is 4. The maximum atomic E-state index is 5.61. The number of aryl methyl sites for hydroxylation is 1. The Morgan fingerprint density at radius 2 is 2.33 bits per heavy atom. The van der Waals surface area contributed by atoms with Crippen molar-refractivity contribution in [2.45, 2.75) is 46.1 Å². The summed E-state index contributed by atoms with van der Waals surface area (Å²) in [6, 6.07) is 0.263. The van der Waals surface area contributed by atoms with Crippen LogP contribution in [-0.4, -0.2) is 4.98 Å². The van der Waals surface area contributed by atoms with Gasteiger partial charge in [-0.1, -0.05) is 26.7 Å². The van der Waals surface area contributed by atoms with Gasteiger partial charge < -0.3 is 0 Å². The normalized spacial score (nSPS) is 15.2. The summed E-state index contributed by atoms with van der Waals surface area (Å²) in [5, 5.41) is 0. The van der Waals surface area contributed by atoms with Gasteiger partial charge in [-0.2, -0.15) is 0 Å². The van der Waals surface area contributed by atoms with E-state index in [0.29, 0.717) is 5.92 Å². The minimum Gasteiger partial charge on any atom is -0.271 e. The van der Waals surface area contributed by atoms with Crippen LogP contribution in [0, 0.1) is 12.8 Å². The van der Waals surface area contributed by atoms with Gasteiger partial charge in [0.1, 0.15) is 0 Å². The second kappa shape index (κ2) is 6.20. The number of nitrogens with two attached hydrogens (primary N) is 1. The van der Waals surface area contributed by atoms with E-state index in [-0.39, 0.29) is 6.04 Å². The monoisotopic (exact) mass is 227 g/mol. The Hall–Kier alpha value is -0.450. The average molecular weight is 227 g/mol. The van der Waals surface area contributed by atoms with E-state index in [1.165, 1.54) is 17.7 Å². The molecule has 1 rings (SSSR count). The van der Waals surface area contributed by atoms with Crippen LogP contribution in [0.25, 0.3) is 0 Å². The molecule has 2 unspecified atom stereocenters. The van der Waals surface area contributed by atoms with Crippen molar-refractivity contribution < 1.29 is 0 Å². The minimum absolute atomic E-state index is 0.263. The van der Waals surface area contributed by atoms with E-state index in [0.717, 1.165) is 12.1 Å². The zero-order valence-corrected chi connectivity index (χ0v) is 10.6. The maximum absolute atomic E-state index is 5.61. The third-order valence-electron chi connectivity index (χ3n) is 2.72. The fraction of sp³-hybridized carbons (Fsp3) is 0.727.